The fourth-order valence-electron chi connectivity index (χ4n) is 2.45. The van der Waals surface area contributed by atoms with Crippen molar-refractivity contribution < 1.29 is 19.7 Å². The minimum absolute atomic E-state index is 0.0332. The molecule has 0 spiro atoms. The molecule has 0 aromatic heterocycles. The summed E-state index contributed by atoms with van der Waals surface area (Å²) >= 11 is 0. The van der Waals surface area contributed by atoms with Crippen LogP contribution in [0.25, 0.3) is 0 Å². The predicted molar refractivity (Wildman–Crippen MR) is 73.3 cm³/mol. The summed E-state index contributed by atoms with van der Waals surface area (Å²) in [6, 6.07) is 9.89. The van der Waals surface area contributed by atoms with E-state index in [1.165, 1.54) is 0 Å². The van der Waals surface area contributed by atoms with Crippen molar-refractivity contribution in [1.82, 2.24) is 0 Å². The summed E-state index contributed by atoms with van der Waals surface area (Å²) in [5, 5.41) is 19.2. The van der Waals surface area contributed by atoms with Gasteiger partial charge < -0.3 is 14.9 Å². The Hall–Kier alpha value is -2.49. The molecule has 1 atom stereocenters. The summed E-state index contributed by atoms with van der Waals surface area (Å²) in [6.45, 7) is 1.83. The lowest BCUT2D eigenvalue weighted by molar-refractivity contribution is 0.0845. The molecule has 2 aromatic carbocycles. The van der Waals surface area contributed by atoms with E-state index in [2.05, 4.69) is 0 Å². The van der Waals surface area contributed by atoms with Gasteiger partial charge in [-0.1, -0.05) is 12.1 Å². The molecule has 1 aliphatic rings. The molecule has 2 aromatic rings. The zero-order valence-corrected chi connectivity index (χ0v) is 11.0. The van der Waals surface area contributed by atoms with Crippen LogP contribution in [-0.4, -0.2) is 16.0 Å². The maximum absolute atomic E-state index is 12.2. The van der Waals surface area contributed by atoms with E-state index in [9.17, 15) is 15.0 Å². The van der Waals surface area contributed by atoms with Crippen LogP contribution in [0, 0.1) is 6.92 Å². The van der Waals surface area contributed by atoms with Crippen molar-refractivity contribution in [2.45, 2.75) is 19.4 Å². The number of benzene rings is 2. The predicted octanol–water partition coefficient (Wildman–Crippen LogP) is 3.11. The van der Waals surface area contributed by atoms with E-state index < -0.39 is 6.10 Å². The third-order valence-corrected chi connectivity index (χ3v) is 3.41. The van der Waals surface area contributed by atoms with Gasteiger partial charge in [0.1, 0.15) is 28.9 Å². The number of fused-ring (bicyclic) bond motifs is 1. The van der Waals surface area contributed by atoms with Crippen molar-refractivity contribution >= 4 is 5.78 Å². The molecule has 102 valence electrons. The van der Waals surface area contributed by atoms with Gasteiger partial charge in [-0.2, -0.15) is 0 Å². The number of Topliss-reactive ketones (excluding diaryl/α,β-unsaturated/α-hetero) is 1. The highest BCUT2D eigenvalue weighted by molar-refractivity contribution is 6.02. The number of phenolic OH excluding ortho intramolecular Hbond substituents is 2. The van der Waals surface area contributed by atoms with Gasteiger partial charge in [-0.25, -0.2) is 0 Å². The van der Waals surface area contributed by atoms with Crippen molar-refractivity contribution in [3.8, 4) is 17.2 Å². The Kier molecular flexibility index (Phi) is 2.86. The summed E-state index contributed by atoms with van der Waals surface area (Å²) in [5.74, 6) is 0.414. The summed E-state index contributed by atoms with van der Waals surface area (Å²) < 4.78 is 5.83. The molecule has 2 N–H and O–H groups in total. The molecular weight excluding hydrogens is 256 g/mol. The molecule has 0 aliphatic carbocycles. The molecule has 0 amide bonds. The maximum atomic E-state index is 12.2. The standard InChI is InChI=1S/C16H14O4/c1-9-6-12(18)16-13(19)8-14(20-15(16)7-9)10-2-4-11(17)5-3-10/h2-7,14,17-18H,8H2,1H3. The normalized spacial score (nSPS) is 17.4. The molecular formula is C16H14O4. The highest BCUT2D eigenvalue weighted by Gasteiger charge is 2.30. The zero-order chi connectivity index (χ0) is 14.3. The second kappa shape index (κ2) is 4.56. The Morgan fingerprint density at radius 2 is 1.85 bits per heavy atom. The van der Waals surface area contributed by atoms with Crippen molar-refractivity contribution in [3.63, 3.8) is 0 Å². The number of aryl methyl sites for hydroxylation is 1. The van der Waals surface area contributed by atoms with Crippen LogP contribution >= 0.6 is 0 Å². The fourth-order valence-corrected chi connectivity index (χ4v) is 2.45. The Balaban J connectivity index is 2.00. The van der Waals surface area contributed by atoms with E-state index in [4.69, 9.17) is 4.74 Å². The van der Waals surface area contributed by atoms with Gasteiger partial charge in [0.15, 0.2) is 5.78 Å². The lowest BCUT2D eigenvalue weighted by Crippen LogP contribution is -2.20. The van der Waals surface area contributed by atoms with E-state index in [0.29, 0.717) is 5.75 Å². The monoisotopic (exact) mass is 270 g/mol. The third kappa shape index (κ3) is 2.09. The maximum Gasteiger partial charge on any atom is 0.174 e. The second-order valence-corrected chi connectivity index (χ2v) is 4.98. The van der Waals surface area contributed by atoms with Crippen LogP contribution in [0.15, 0.2) is 36.4 Å². The Labute approximate surface area is 116 Å². The molecule has 4 nitrogen and oxygen atoms in total. The number of carbonyl (C=O) groups excluding carboxylic acids is 1. The topological polar surface area (TPSA) is 66.8 Å². The van der Waals surface area contributed by atoms with Gasteiger partial charge in [0.2, 0.25) is 0 Å². The first-order valence-electron chi connectivity index (χ1n) is 6.37. The number of ketones is 1. The van der Waals surface area contributed by atoms with Gasteiger partial charge in [0, 0.05) is 0 Å². The van der Waals surface area contributed by atoms with Crippen LogP contribution in [-0.2, 0) is 0 Å². The lowest BCUT2D eigenvalue weighted by atomic mass is 9.95. The quantitative estimate of drug-likeness (QED) is 0.835. The Morgan fingerprint density at radius 1 is 1.15 bits per heavy atom. The number of hydrogen-bond donors (Lipinski definition) is 2. The first kappa shape index (κ1) is 12.5. The van der Waals surface area contributed by atoms with E-state index in [1.807, 2.05) is 6.92 Å². The minimum Gasteiger partial charge on any atom is -0.508 e. The number of aromatic hydroxyl groups is 2. The lowest BCUT2D eigenvalue weighted by Gasteiger charge is -2.26. The average molecular weight is 270 g/mol. The molecule has 0 saturated heterocycles. The molecule has 3 rings (SSSR count). The number of phenols is 2. The summed E-state index contributed by atoms with van der Waals surface area (Å²) in [5.41, 5.74) is 1.91. The number of carbonyl (C=O) groups is 1. The number of ether oxygens (including phenoxy) is 1. The summed E-state index contributed by atoms with van der Waals surface area (Å²) in [7, 11) is 0. The van der Waals surface area contributed by atoms with Crippen LogP contribution in [0.4, 0.5) is 0 Å². The summed E-state index contributed by atoms with van der Waals surface area (Å²) in [6.07, 6.45) is -0.217. The second-order valence-electron chi connectivity index (χ2n) is 4.98. The molecule has 1 aliphatic heterocycles. The highest BCUT2D eigenvalue weighted by atomic mass is 16.5. The van der Waals surface area contributed by atoms with Crippen LogP contribution in [0.1, 0.15) is 34.0 Å². The van der Waals surface area contributed by atoms with Crippen molar-refractivity contribution in [3.05, 3.63) is 53.1 Å². The third-order valence-electron chi connectivity index (χ3n) is 3.41. The van der Waals surface area contributed by atoms with E-state index in [0.717, 1.165) is 11.1 Å². The minimum atomic E-state index is -0.392. The molecule has 4 heteroatoms. The van der Waals surface area contributed by atoms with Crippen molar-refractivity contribution in [2.24, 2.45) is 0 Å². The average Bonchev–Trinajstić information content (AvgIpc) is 2.38. The van der Waals surface area contributed by atoms with Crippen LogP contribution < -0.4 is 4.74 Å². The fraction of sp³-hybridized carbons (Fsp3) is 0.188. The molecule has 1 unspecified atom stereocenters. The highest BCUT2D eigenvalue weighted by Crippen LogP contribution is 2.40. The number of hydrogen-bond acceptors (Lipinski definition) is 4. The largest absolute Gasteiger partial charge is 0.508 e. The Bertz CT molecular complexity index is 674. The number of rotatable bonds is 1. The molecule has 0 saturated carbocycles. The first-order chi connectivity index (χ1) is 9.54. The first-order valence-corrected chi connectivity index (χ1v) is 6.37. The summed E-state index contributed by atoms with van der Waals surface area (Å²) in [4.78, 5) is 12.2. The smallest absolute Gasteiger partial charge is 0.174 e. The van der Waals surface area contributed by atoms with Gasteiger partial charge >= 0.3 is 0 Å². The Morgan fingerprint density at radius 3 is 2.55 bits per heavy atom. The van der Waals surface area contributed by atoms with Crippen molar-refractivity contribution in [2.75, 3.05) is 0 Å². The molecule has 0 bridgehead atoms. The molecule has 20 heavy (non-hydrogen) atoms. The zero-order valence-electron chi connectivity index (χ0n) is 11.0. The van der Waals surface area contributed by atoms with Gasteiger partial charge in [-0.05, 0) is 42.3 Å². The van der Waals surface area contributed by atoms with Gasteiger partial charge in [-0.15, -0.1) is 0 Å². The molecule has 0 fully saturated rings. The SMILES string of the molecule is Cc1cc(O)c2c(c1)OC(c1ccc(O)cc1)CC2=O. The van der Waals surface area contributed by atoms with Crippen LogP contribution in [0.2, 0.25) is 0 Å². The van der Waals surface area contributed by atoms with E-state index in [1.54, 1.807) is 36.4 Å². The van der Waals surface area contributed by atoms with Crippen molar-refractivity contribution in [1.29, 1.82) is 0 Å². The van der Waals surface area contributed by atoms with Gasteiger partial charge in [-0.3, -0.25) is 4.79 Å². The van der Waals surface area contributed by atoms with E-state index >= 15 is 0 Å². The van der Waals surface area contributed by atoms with Gasteiger partial charge in [0.05, 0.1) is 6.42 Å². The molecule has 0 radical (unpaired) electrons. The van der Waals surface area contributed by atoms with Crippen LogP contribution in [0.5, 0.6) is 17.2 Å². The van der Waals surface area contributed by atoms with E-state index in [-0.39, 0.29) is 29.3 Å². The molecule has 1 heterocycles. The van der Waals surface area contributed by atoms with Crippen LogP contribution in [0.3, 0.4) is 0 Å². The van der Waals surface area contributed by atoms with Gasteiger partial charge in [0.25, 0.3) is 0 Å².